The van der Waals surface area contributed by atoms with Gasteiger partial charge in [0.1, 0.15) is 11.9 Å². The minimum Gasteiger partial charge on any atom is -0.468 e. The topological polar surface area (TPSA) is 36.9 Å². The van der Waals surface area contributed by atoms with Crippen molar-refractivity contribution >= 4 is 23.1 Å². The van der Waals surface area contributed by atoms with Crippen LogP contribution in [0.1, 0.15) is 47.6 Å². The first-order chi connectivity index (χ1) is 10.9. The monoisotopic (exact) mass is 340 g/mol. The zero-order valence-corrected chi connectivity index (χ0v) is 14.3. The van der Waals surface area contributed by atoms with Gasteiger partial charge in [0.15, 0.2) is 18.3 Å². The maximum Gasteiger partial charge on any atom is 0.231 e. The number of aryl methyl sites for hydroxylation is 1. The average molecular weight is 340 g/mol. The number of unbranched alkanes of at least 4 members (excludes halogenated alkanes) is 3. The van der Waals surface area contributed by atoms with E-state index in [9.17, 15) is 0 Å². The van der Waals surface area contributed by atoms with Crippen LogP contribution in [-0.2, 0) is 15.9 Å². The third-order valence-electron chi connectivity index (χ3n) is 4.20. The number of rotatable bonds is 6. The van der Waals surface area contributed by atoms with Crippen molar-refractivity contribution in [1.82, 2.24) is 0 Å². The Balaban J connectivity index is 1.53. The van der Waals surface area contributed by atoms with Gasteiger partial charge >= 0.3 is 0 Å². The van der Waals surface area contributed by atoms with Crippen LogP contribution >= 0.6 is 23.1 Å². The Morgan fingerprint density at radius 3 is 2.91 bits per heavy atom. The molecule has 0 aliphatic carbocycles. The van der Waals surface area contributed by atoms with E-state index in [4.69, 9.17) is 18.9 Å². The SMILES string of the molecule is CCCCCCc1sc(C2SC=C3OCOC32)c2c1OCO2. The summed E-state index contributed by atoms with van der Waals surface area (Å²) in [7, 11) is 0. The number of thioether (sulfide) groups is 1. The van der Waals surface area contributed by atoms with E-state index in [0.717, 1.165) is 23.7 Å². The van der Waals surface area contributed by atoms with Crippen molar-refractivity contribution < 1.29 is 18.9 Å². The molecular formula is C16H20O4S2. The highest BCUT2D eigenvalue weighted by Gasteiger charge is 2.42. The van der Waals surface area contributed by atoms with Crippen LogP contribution in [0.2, 0.25) is 0 Å². The van der Waals surface area contributed by atoms with E-state index in [2.05, 4.69) is 12.3 Å². The van der Waals surface area contributed by atoms with Gasteiger partial charge in [-0.2, -0.15) is 0 Å². The quantitative estimate of drug-likeness (QED) is 0.707. The Morgan fingerprint density at radius 2 is 2.00 bits per heavy atom. The summed E-state index contributed by atoms with van der Waals surface area (Å²) >= 11 is 3.59. The lowest BCUT2D eigenvalue weighted by molar-refractivity contribution is 0.0486. The summed E-state index contributed by atoms with van der Waals surface area (Å²) in [5.41, 5.74) is 0. The third-order valence-corrected chi connectivity index (χ3v) is 6.79. The molecule has 2 atom stereocenters. The first-order valence-corrected chi connectivity index (χ1v) is 9.65. The summed E-state index contributed by atoms with van der Waals surface area (Å²) in [5.74, 6) is 2.88. The number of fused-ring (bicyclic) bond motifs is 2. The molecular weight excluding hydrogens is 320 g/mol. The van der Waals surface area contributed by atoms with Gasteiger partial charge in [-0.15, -0.1) is 23.1 Å². The van der Waals surface area contributed by atoms with E-state index < -0.39 is 0 Å². The van der Waals surface area contributed by atoms with Crippen molar-refractivity contribution in [1.29, 1.82) is 0 Å². The molecule has 0 radical (unpaired) electrons. The standard InChI is InChI=1S/C16H20O4S2/c1-2-3-4-5-6-11-13-14(20-9-19-13)16(22-11)15-12-10(7-21-15)17-8-18-12/h7,12,15H,2-6,8-9H2,1H3. The Labute approximate surface area is 138 Å². The van der Waals surface area contributed by atoms with E-state index >= 15 is 0 Å². The molecule has 0 amide bonds. The van der Waals surface area contributed by atoms with Crippen LogP contribution in [0.15, 0.2) is 11.2 Å². The fraction of sp³-hybridized carbons (Fsp3) is 0.625. The Kier molecular flexibility index (Phi) is 4.24. The van der Waals surface area contributed by atoms with Gasteiger partial charge in [-0.3, -0.25) is 0 Å². The number of hydrogen-bond acceptors (Lipinski definition) is 6. The third kappa shape index (κ3) is 2.51. The fourth-order valence-corrected chi connectivity index (χ4v) is 5.67. The van der Waals surface area contributed by atoms with E-state index in [1.54, 1.807) is 11.8 Å². The lowest BCUT2D eigenvalue weighted by Gasteiger charge is -2.13. The second-order valence-corrected chi connectivity index (χ2v) is 7.84. The second kappa shape index (κ2) is 6.34. The second-order valence-electron chi connectivity index (χ2n) is 5.69. The van der Waals surface area contributed by atoms with Crippen molar-refractivity contribution in [2.75, 3.05) is 13.6 Å². The fourth-order valence-electron chi connectivity index (χ4n) is 3.05. The van der Waals surface area contributed by atoms with Crippen LogP contribution < -0.4 is 9.47 Å². The molecule has 0 N–H and O–H groups in total. The predicted octanol–water partition coefficient (Wildman–Crippen LogP) is 4.60. The maximum atomic E-state index is 5.75. The summed E-state index contributed by atoms with van der Waals surface area (Å²) in [6, 6.07) is 0. The highest BCUT2D eigenvalue weighted by molar-refractivity contribution is 8.02. The van der Waals surface area contributed by atoms with Crippen molar-refractivity contribution in [2.24, 2.45) is 0 Å². The summed E-state index contributed by atoms with van der Waals surface area (Å²) < 4.78 is 22.7. The molecule has 3 aliphatic rings. The van der Waals surface area contributed by atoms with E-state index in [-0.39, 0.29) is 11.4 Å². The molecule has 0 bridgehead atoms. The van der Waals surface area contributed by atoms with Gasteiger partial charge in [-0.25, -0.2) is 0 Å². The molecule has 4 rings (SSSR count). The number of hydrogen-bond donors (Lipinski definition) is 0. The minimum absolute atomic E-state index is 0.0323. The highest BCUT2D eigenvalue weighted by Crippen LogP contribution is 2.56. The molecule has 0 aromatic carbocycles. The molecule has 120 valence electrons. The molecule has 22 heavy (non-hydrogen) atoms. The molecule has 0 saturated carbocycles. The zero-order valence-electron chi connectivity index (χ0n) is 12.6. The average Bonchev–Trinajstić information content (AvgIpc) is 3.25. The van der Waals surface area contributed by atoms with Gasteiger partial charge in [-0.05, 0) is 12.8 Å². The molecule has 2 unspecified atom stereocenters. The molecule has 1 aromatic heterocycles. The molecule has 1 aromatic rings. The molecule has 3 aliphatic heterocycles. The summed E-state index contributed by atoms with van der Waals surface area (Å²) in [5, 5.41) is 2.31. The van der Waals surface area contributed by atoms with Crippen LogP contribution in [0.25, 0.3) is 0 Å². The Morgan fingerprint density at radius 1 is 1.09 bits per heavy atom. The van der Waals surface area contributed by atoms with E-state index in [1.165, 1.54) is 35.4 Å². The molecule has 0 spiro atoms. The maximum absolute atomic E-state index is 5.75. The molecule has 6 heteroatoms. The normalized spacial score (nSPS) is 25.2. The lowest BCUT2D eigenvalue weighted by Crippen LogP contribution is -2.12. The van der Waals surface area contributed by atoms with Crippen molar-refractivity contribution in [3.05, 3.63) is 20.9 Å². The Hall–Kier alpha value is -0.850. The van der Waals surface area contributed by atoms with Crippen LogP contribution in [0.4, 0.5) is 0 Å². The van der Waals surface area contributed by atoms with Crippen molar-refractivity contribution in [3.63, 3.8) is 0 Å². The first kappa shape index (κ1) is 14.7. The van der Waals surface area contributed by atoms with Crippen LogP contribution in [-0.4, -0.2) is 19.7 Å². The van der Waals surface area contributed by atoms with Crippen molar-refractivity contribution in [2.45, 2.75) is 50.4 Å². The van der Waals surface area contributed by atoms with Gasteiger partial charge < -0.3 is 18.9 Å². The van der Waals surface area contributed by atoms with Crippen LogP contribution in [0.3, 0.4) is 0 Å². The van der Waals surface area contributed by atoms with Gasteiger partial charge in [0.25, 0.3) is 0 Å². The molecule has 4 heterocycles. The molecule has 1 saturated heterocycles. The van der Waals surface area contributed by atoms with Gasteiger partial charge in [0, 0.05) is 5.41 Å². The Bertz CT molecular complexity index is 581. The van der Waals surface area contributed by atoms with Gasteiger partial charge in [0.2, 0.25) is 6.79 Å². The first-order valence-electron chi connectivity index (χ1n) is 7.89. The summed E-state index contributed by atoms with van der Waals surface area (Å²) in [6.07, 6.45) is 6.17. The smallest absolute Gasteiger partial charge is 0.231 e. The minimum atomic E-state index is 0.0323. The highest BCUT2D eigenvalue weighted by atomic mass is 32.2. The molecule has 1 fully saturated rings. The van der Waals surface area contributed by atoms with Gasteiger partial charge in [-0.1, -0.05) is 26.2 Å². The van der Waals surface area contributed by atoms with Gasteiger partial charge in [0.05, 0.1) is 15.0 Å². The van der Waals surface area contributed by atoms with Crippen LogP contribution in [0, 0.1) is 0 Å². The summed E-state index contributed by atoms with van der Waals surface area (Å²) in [4.78, 5) is 2.57. The van der Waals surface area contributed by atoms with Crippen molar-refractivity contribution in [3.8, 4) is 11.5 Å². The summed E-state index contributed by atoms with van der Waals surface area (Å²) in [6.45, 7) is 2.94. The lowest BCUT2D eigenvalue weighted by atomic mass is 10.1. The predicted molar refractivity (Wildman–Crippen MR) is 87.5 cm³/mol. The molecule has 4 nitrogen and oxygen atoms in total. The number of ether oxygens (including phenoxy) is 4. The van der Waals surface area contributed by atoms with Crippen LogP contribution in [0.5, 0.6) is 11.5 Å². The number of thiophene rings is 1. The largest absolute Gasteiger partial charge is 0.468 e. The zero-order chi connectivity index (χ0) is 14.9. The van der Waals surface area contributed by atoms with E-state index in [1.807, 2.05) is 11.3 Å². The van der Waals surface area contributed by atoms with E-state index in [0.29, 0.717) is 13.6 Å².